The standard InChI is InChI=1S/C19H16F3N7O/c1-12(17-25-11-26-29(17)18-23-8-3-9-24-18)6-7-15(30)14-10-13-4-2-5-16(19(20,21)22)28(13)27-14/h2-5,8-12H,6-7H2,1H3. The molecule has 1 atom stereocenters. The molecule has 8 nitrogen and oxygen atoms in total. The molecule has 0 radical (unpaired) electrons. The van der Waals surface area contributed by atoms with Crippen LogP contribution in [-0.2, 0) is 6.18 Å². The van der Waals surface area contributed by atoms with Crippen LogP contribution in [0.5, 0.6) is 0 Å². The molecule has 4 heterocycles. The Kier molecular flexibility index (Phi) is 5.02. The lowest BCUT2D eigenvalue weighted by Crippen LogP contribution is -2.13. The number of carbonyl (C=O) groups excluding carboxylic acids is 1. The first-order valence-corrected chi connectivity index (χ1v) is 9.11. The van der Waals surface area contributed by atoms with Crippen LogP contribution in [0, 0.1) is 0 Å². The van der Waals surface area contributed by atoms with Crippen molar-refractivity contribution in [2.24, 2.45) is 0 Å². The summed E-state index contributed by atoms with van der Waals surface area (Å²) in [7, 11) is 0. The summed E-state index contributed by atoms with van der Waals surface area (Å²) in [4.78, 5) is 25.1. The second-order valence-corrected chi connectivity index (χ2v) is 6.72. The monoisotopic (exact) mass is 415 g/mol. The molecule has 0 aliphatic carbocycles. The van der Waals surface area contributed by atoms with Crippen LogP contribution in [0.3, 0.4) is 0 Å². The van der Waals surface area contributed by atoms with Gasteiger partial charge in [0.1, 0.15) is 23.5 Å². The fourth-order valence-electron chi connectivity index (χ4n) is 3.11. The van der Waals surface area contributed by atoms with Crippen LogP contribution >= 0.6 is 0 Å². The Morgan fingerprint density at radius 2 is 1.90 bits per heavy atom. The second kappa shape index (κ2) is 7.65. The summed E-state index contributed by atoms with van der Waals surface area (Å²) >= 11 is 0. The molecule has 4 aromatic heterocycles. The molecular formula is C19H16F3N7O. The third kappa shape index (κ3) is 3.78. The Labute approximate surface area is 168 Å². The van der Waals surface area contributed by atoms with Gasteiger partial charge in [0.05, 0.1) is 5.52 Å². The summed E-state index contributed by atoms with van der Waals surface area (Å²) in [5, 5.41) is 8.01. The molecule has 0 saturated carbocycles. The molecule has 154 valence electrons. The number of nitrogens with zero attached hydrogens (tertiary/aromatic N) is 7. The number of hydrogen-bond donors (Lipinski definition) is 0. The van der Waals surface area contributed by atoms with E-state index in [0.717, 1.165) is 10.6 Å². The molecule has 4 rings (SSSR count). The Bertz CT molecular complexity index is 1180. The van der Waals surface area contributed by atoms with Gasteiger partial charge in [-0.3, -0.25) is 4.79 Å². The summed E-state index contributed by atoms with van der Waals surface area (Å²) < 4.78 is 41.7. The van der Waals surface area contributed by atoms with Crippen LogP contribution in [0.1, 0.15) is 47.7 Å². The topological polar surface area (TPSA) is 90.9 Å². The van der Waals surface area contributed by atoms with Crippen molar-refractivity contribution in [3.63, 3.8) is 0 Å². The Morgan fingerprint density at radius 1 is 1.13 bits per heavy atom. The fourth-order valence-corrected chi connectivity index (χ4v) is 3.11. The van der Waals surface area contributed by atoms with Gasteiger partial charge in [-0.1, -0.05) is 13.0 Å². The molecule has 4 aromatic rings. The lowest BCUT2D eigenvalue weighted by Gasteiger charge is -2.10. The summed E-state index contributed by atoms with van der Waals surface area (Å²) in [6, 6.07) is 6.73. The van der Waals surface area contributed by atoms with Gasteiger partial charge in [-0.15, -0.1) is 0 Å². The summed E-state index contributed by atoms with van der Waals surface area (Å²) in [5.41, 5.74) is -0.725. The lowest BCUT2D eigenvalue weighted by molar-refractivity contribution is -0.142. The maximum atomic E-state index is 13.1. The third-order valence-electron chi connectivity index (χ3n) is 4.62. The Hall–Kier alpha value is -3.63. The van der Waals surface area contributed by atoms with Gasteiger partial charge in [0.2, 0.25) is 0 Å². The van der Waals surface area contributed by atoms with Gasteiger partial charge in [-0.25, -0.2) is 19.5 Å². The van der Waals surface area contributed by atoms with Crippen molar-refractivity contribution in [3.8, 4) is 5.95 Å². The van der Waals surface area contributed by atoms with Crippen molar-refractivity contribution in [1.29, 1.82) is 0 Å². The minimum atomic E-state index is -4.57. The highest BCUT2D eigenvalue weighted by Gasteiger charge is 2.34. The highest BCUT2D eigenvalue weighted by atomic mass is 19.4. The number of Topliss-reactive ketones (excluding diaryl/α,β-unsaturated/α-hetero) is 1. The number of fused-ring (bicyclic) bond motifs is 1. The van der Waals surface area contributed by atoms with Crippen LogP contribution in [0.25, 0.3) is 11.5 Å². The highest BCUT2D eigenvalue weighted by molar-refractivity contribution is 5.95. The first-order chi connectivity index (χ1) is 14.3. The number of ketones is 1. The van der Waals surface area contributed by atoms with Crippen LogP contribution in [0.4, 0.5) is 13.2 Å². The van der Waals surface area contributed by atoms with E-state index < -0.39 is 11.9 Å². The number of alkyl halides is 3. The molecule has 0 N–H and O–H groups in total. The SMILES string of the molecule is CC(CCC(=O)c1cc2cccc(C(F)(F)F)n2n1)c1ncnn1-c1ncccn1. The lowest BCUT2D eigenvalue weighted by atomic mass is 10.0. The number of aromatic nitrogens is 7. The van der Waals surface area contributed by atoms with Crippen LogP contribution in [0.15, 0.2) is 49.1 Å². The van der Waals surface area contributed by atoms with Gasteiger partial charge in [0.15, 0.2) is 5.78 Å². The van der Waals surface area contributed by atoms with Crippen molar-refractivity contribution in [2.45, 2.75) is 31.9 Å². The number of carbonyl (C=O) groups is 1. The van der Waals surface area contributed by atoms with Gasteiger partial charge >= 0.3 is 6.18 Å². The molecule has 0 aromatic carbocycles. The summed E-state index contributed by atoms with van der Waals surface area (Å²) in [5.74, 6) is 0.440. The summed E-state index contributed by atoms with van der Waals surface area (Å²) in [6.45, 7) is 1.88. The predicted molar refractivity (Wildman–Crippen MR) is 99.1 cm³/mol. The molecular weight excluding hydrogens is 399 g/mol. The van der Waals surface area contributed by atoms with Crippen molar-refractivity contribution in [1.82, 2.24) is 34.3 Å². The van der Waals surface area contributed by atoms with E-state index in [2.05, 4.69) is 25.1 Å². The van der Waals surface area contributed by atoms with E-state index in [1.54, 1.807) is 18.5 Å². The van der Waals surface area contributed by atoms with Crippen molar-refractivity contribution < 1.29 is 18.0 Å². The zero-order valence-electron chi connectivity index (χ0n) is 15.8. The van der Waals surface area contributed by atoms with Crippen LogP contribution < -0.4 is 0 Å². The van der Waals surface area contributed by atoms with Crippen molar-refractivity contribution >= 4 is 11.3 Å². The van der Waals surface area contributed by atoms with E-state index in [9.17, 15) is 18.0 Å². The van der Waals surface area contributed by atoms with E-state index >= 15 is 0 Å². The number of pyridine rings is 1. The molecule has 1 unspecified atom stereocenters. The molecule has 0 aliphatic rings. The highest BCUT2D eigenvalue weighted by Crippen LogP contribution is 2.30. The van der Waals surface area contributed by atoms with Crippen LogP contribution in [-0.4, -0.2) is 40.1 Å². The molecule has 0 fully saturated rings. The largest absolute Gasteiger partial charge is 0.433 e. The van der Waals surface area contributed by atoms with Crippen molar-refractivity contribution in [3.05, 3.63) is 66.3 Å². The fraction of sp³-hybridized carbons (Fsp3) is 0.263. The maximum absolute atomic E-state index is 13.1. The van der Waals surface area contributed by atoms with Gasteiger partial charge < -0.3 is 0 Å². The summed E-state index contributed by atoms with van der Waals surface area (Å²) in [6.07, 6.45) is 0.481. The first kappa shape index (κ1) is 19.7. The third-order valence-corrected chi connectivity index (χ3v) is 4.62. The molecule has 30 heavy (non-hydrogen) atoms. The van der Waals surface area contributed by atoms with Gasteiger partial charge in [0.25, 0.3) is 5.95 Å². The van der Waals surface area contributed by atoms with Gasteiger partial charge in [-0.2, -0.15) is 28.1 Å². The molecule has 0 bridgehead atoms. The van der Waals surface area contributed by atoms with Gasteiger partial charge in [0, 0.05) is 24.7 Å². The zero-order chi connectivity index (χ0) is 21.3. The smallest absolute Gasteiger partial charge is 0.292 e. The molecule has 0 aliphatic heterocycles. The molecule has 0 spiro atoms. The minimum Gasteiger partial charge on any atom is -0.292 e. The number of rotatable bonds is 6. The maximum Gasteiger partial charge on any atom is 0.433 e. The average molecular weight is 415 g/mol. The zero-order valence-corrected chi connectivity index (χ0v) is 15.8. The van der Waals surface area contributed by atoms with E-state index in [1.807, 2.05) is 6.92 Å². The van der Waals surface area contributed by atoms with Gasteiger partial charge in [-0.05, 0) is 30.7 Å². The minimum absolute atomic E-state index is 0.00763. The van der Waals surface area contributed by atoms with E-state index in [-0.39, 0.29) is 29.3 Å². The van der Waals surface area contributed by atoms with E-state index in [1.165, 1.54) is 29.2 Å². The van der Waals surface area contributed by atoms with Crippen LogP contribution in [0.2, 0.25) is 0 Å². The second-order valence-electron chi connectivity index (χ2n) is 6.72. The van der Waals surface area contributed by atoms with Crippen molar-refractivity contribution in [2.75, 3.05) is 0 Å². The number of halogens is 3. The molecule has 0 amide bonds. The quantitative estimate of drug-likeness (QED) is 0.448. The Morgan fingerprint density at radius 3 is 2.63 bits per heavy atom. The normalized spacial score (nSPS) is 12.9. The average Bonchev–Trinajstić information content (AvgIpc) is 3.38. The molecule has 11 heteroatoms. The van der Waals surface area contributed by atoms with E-state index in [0.29, 0.717) is 18.2 Å². The Balaban J connectivity index is 1.50. The predicted octanol–water partition coefficient (Wildman–Crippen LogP) is 3.49. The first-order valence-electron chi connectivity index (χ1n) is 9.11. The molecule has 0 saturated heterocycles. The number of hydrogen-bond acceptors (Lipinski definition) is 6. The van der Waals surface area contributed by atoms with E-state index in [4.69, 9.17) is 0 Å².